The number of methoxy groups -OCH3 is 1. The monoisotopic (exact) mass is 668 g/mol. The Hall–Kier alpha value is -4.74. The maximum atomic E-state index is 13.2. The predicted molar refractivity (Wildman–Crippen MR) is 184 cm³/mol. The van der Waals surface area contributed by atoms with Gasteiger partial charge in [-0.25, -0.2) is 9.78 Å². The Morgan fingerprint density at radius 1 is 1.02 bits per heavy atom. The number of hydrogen-bond acceptors (Lipinski definition) is 7. The highest BCUT2D eigenvalue weighted by molar-refractivity contribution is 6.36. The van der Waals surface area contributed by atoms with Gasteiger partial charge in [0.15, 0.2) is 0 Å². The van der Waals surface area contributed by atoms with E-state index in [1.165, 1.54) is 30.4 Å². The van der Waals surface area contributed by atoms with Gasteiger partial charge >= 0.3 is 5.69 Å². The fraction of sp³-hybridized carbons (Fsp3) is 0.361. The molecule has 3 aliphatic rings. The van der Waals surface area contributed by atoms with E-state index in [0.717, 1.165) is 77.1 Å². The van der Waals surface area contributed by atoms with Crippen LogP contribution >= 0.6 is 11.6 Å². The summed E-state index contributed by atoms with van der Waals surface area (Å²) < 4.78 is 7.99. The van der Waals surface area contributed by atoms with Crippen LogP contribution in [0.4, 0.5) is 5.69 Å². The van der Waals surface area contributed by atoms with Crippen LogP contribution in [0, 0.1) is 12.3 Å². The molecular formula is C36H37ClN6O5. The molecule has 0 saturated carbocycles. The van der Waals surface area contributed by atoms with E-state index in [4.69, 9.17) is 21.3 Å². The van der Waals surface area contributed by atoms with Gasteiger partial charge in [-0.2, -0.15) is 0 Å². The number of amides is 2. The SMILES string of the molecule is COc1nc(-c2cccc(-c3cccc(NC(=O)c4cn(C)c(=O)n(C)c4=O)c3C)c2Cl)cc2c1[C@@H](N1CC3(CN(C(C)=O)C3)C1)CC2. The molecule has 2 fully saturated rings. The number of aromatic nitrogens is 3. The first-order chi connectivity index (χ1) is 22.9. The number of carbonyl (C=O) groups is 2. The van der Waals surface area contributed by atoms with Crippen LogP contribution in [0.1, 0.15) is 46.4 Å². The Labute approximate surface area is 282 Å². The first-order valence-corrected chi connectivity index (χ1v) is 16.3. The second-order valence-corrected chi connectivity index (χ2v) is 13.7. The van der Waals surface area contributed by atoms with Gasteiger partial charge in [0.2, 0.25) is 11.8 Å². The number of carbonyl (C=O) groups excluding carboxylic acids is 2. The lowest BCUT2D eigenvalue weighted by Gasteiger charge is -2.61. The number of rotatable bonds is 6. The summed E-state index contributed by atoms with van der Waals surface area (Å²) in [6.07, 6.45) is 3.14. The number of anilines is 1. The van der Waals surface area contributed by atoms with Crippen molar-refractivity contribution in [1.82, 2.24) is 23.9 Å². The molecule has 2 saturated heterocycles. The minimum atomic E-state index is -0.670. The quantitative estimate of drug-likeness (QED) is 0.327. The van der Waals surface area contributed by atoms with Crippen molar-refractivity contribution in [2.45, 2.75) is 32.7 Å². The summed E-state index contributed by atoms with van der Waals surface area (Å²) in [5, 5.41) is 3.36. The van der Waals surface area contributed by atoms with Crippen LogP contribution in [0.25, 0.3) is 22.4 Å². The van der Waals surface area contributed by atoms with Gasteiger partial charge in [-0.15, -0.1) is 0 Å². The molecule has 1 atom stereocenters. The van der Waals surface area contributed by atoms with Crippen LogP contribution < -0.4 is 21.3 Å². The average molecular weight is 669 g/mol. The maximum absolute atomic E-state index is 13.2. The van der Waals surface area contributed by atoms with Gasteiger partial charge in [-0.1, -0.05) is 41.9 Å². The first kappa shape index (κ1) is 31.8. The summed E-state index contributed by atoms with van der Waals surface area (Å²) in [6.45, 7) is 7.14. The minimum absolute atomic E-state index is 0.139. The van der Waals surface area contributed by atoms with Crippen molar-refractivity contribution in [2.75, 3.05) is 38.6 Å². The number of aryl methyl sites for hydroxylation is 2. The number of nitrogens with zero attached hydrogens (tertiary/aromatic N) is 5. The summed E-state index contributed by atoms with van der Waals surface area (Å²) in [5.41, 5.74) is 5.59. The zero-order valence-corrected chi connectivity index (χ0v) is 28.3. The minimum Gasteiger partial charge on any atom is -0.481 e. The van der Waals surface area contributed by atoms with Crippen molar-refractivity contribution >= 4 is 29.1 Å². The molecule has 248 valence electrons. The molecule has 2 aromatic carbocycles. The second-order valence-electron chi connectivity index (χ2n) is 13.3. The maximum Gasteiger partial charge on any atom is 0.330 e. The molecular weight excluding hydrogens is 632 g/mol. The molecule has 4 heterocycles. The van der Waals surface area contributed by atoms with E-state index >= 15 is 0 Å². The van der Waals surface area contributed by atoms with Crippen LogP contribution in [0.5, 0.6) is 5.88 Å². The van der Waals surface area contributed by atoms with Gasteiger partial charge in [-0.3, -0.25) is 23.9 Å². The number of hydrogen-bond donors (Lipinski definition) is 1. The molecule has 2 aliphatic heterocycles. The molecule has 4 aromatic rings. The lowest BCUT2D eigenvalue weighted by atomic mass is 9.72. The smallest absolute Gasteiger partial charge is 0.330 e. The molecule has 0 bridgehead atoms. The average Bonchev–Trinajstić information content (AvgIpc) is 3.45. The van der Waals surface area contributed by atoms with Crippen LogP contribution in [-0.2, 0) is 25.3 Å². The Balaban J connectivity index is 1.16. The van der Waals surface area contributed by atoms with E-state index in [0.29, 0.717) is 16.6 Å². The highest BCUT2D eigenvalue weighted by Gasteiger charge is 2.55. The summed E-state index contributed by atoms with van der Waals surface area (Å²) >= 11 is 7.14. The summed E-state index contributed by atoms with van der Waals surface area (Å²) in [7, 11) is 4.49. The van der Waals surface area contributed by atoms with Crippen LogP contribution in [0.3, 0.4) is 0 Å². The molecule has 1 spiro atoms. The summed E-state index contributed by atoms with van der Waals surface area (Å²) in [6, 6.07) is 13.7. The summed E-state index contributed by atoms with van der Waals surface area (Å²) in [4.78, 5) is 59.0. The van der Waals surface area contributed by atoms with E-state index in [9.17, 15) is 19.2 Å². The van der Waals surface area contributed by atoms with Gasteiger partial charge in [0, 0.05) is 87.2 Å². The van der Waals surface area contributed by atoms with Crippen molar-refractivity contribution in [2.24, 2.45) is 19.5 Å². The van der Waals surface area contributed by atoms with Crippen LogP contribution in [-0.4, -0.2) is 69.0 Å². The van der Waals surface area contributed by atoms with Gasteiger partial charge < -0.3 is 19.5 Å². The predicted octanol–water partition coefficient (Wildman–Crippen LogP) is 4.19. The van der Waals surface area contributed by atoms with Crippen LogP contribution in [0.2, 0.25) is 5.02 Å². The Morgan fingerprint density at radius 3 is 2.42 bits per heavy atom. The van der Waals surface area contributed by atoms with E-state index in [1.807, 2.05) is 42.2 Å². The number of pyridine rings is 1. The molecule has 0 radical (unpaired) electrons. The third kappa shape index (κ3) is 5.12. The number of benzene rings is 2. The second kappa shape index (κ2) is 11.7. The van der Waals surface area contributed by atoms with E-state index < -0.39 is 17.2 Å². The molecule has 2 aromatic heterocycles. The van der Waals surface area contributed by atoms with Gasteiger partial charge in [0.25, 0.3) is 11.5 Å². The molecule has 7 rings (SSSR count). The normalized spacial score (nSPS) is 17.9. The third-order valence-corrected chi connectivity index (χ3v) is 10.6. The molecule has 0 unspecified atom stereocenters. The van der Waals surface area contributed by atoms with Crippen LogP contribution in [0.15, 0.2) is 58.3 Å². The zero-order valence-electron chi connectivity index (χ0n) is 27.6. The number of ether oxygens (including phenoxy) is 1. The van der Waals surface area contributed by atoms with Crippen molar-refractivity contribution in [3.8, 4) is 28.3 Å². The van der Waals surface area contributed by atoms with Crippen molar-refractivity contribution in [1.29, 1.82) is 0 Å². The lowest BCUT2D eigenvalue weighted by Crippen LogP contribution is -2.72. The Morgan fingerprint density at radius 2 is 1.71 bits per heavy atom. The molecule has 1 N–H and O–H groups in total. The van der Waals surface area contributed by atoms with Gasteiger partial charge in [0.05, 0.1) is 17.8 Å². The van der Waals surface area contributed by atoms with E-state index in [1.54, 1.807) is 20.1 Å². The van der Waals surface area contributed by atoms with Crippen molar-refractivity contribution in [3.63, 3.8) is 0 Å². The standard InChI is InChI=1S/C36H37ClN6O5/c1-20-23(8-7-11-27(20)38-32(45)26-15-40(3)35(47)41(4)34(26)46)24-9-6-10-25(31(24)37)28-14-22-12-13-29(30(22)33(39-28)48-5)43-18-36(19-43)16-42(17-36)21(2)44/h6-11,14-15,29H,12-13,16-19H2,1-5H3,(H,38,45)/t29-/m0/s1. The first-order valence-electron chi connectivity index (χ1n) is 16.0. The molecule has 48 heavy (non-hydrogen) atoms. The Kier molecular flexibility index (Phi) is 7.79. The van der Waals surface area contributed by atoms with E-state index in [-0.39, 0.29) is 22.9 Å². The Bertz CT molecular complexity index is 2120. The fourth-order valence-electron chi connectivity index (χ4n) is 7.62. The number of fused-ring (bicyclic) bond motifs is 1. The largest absolute Gasteiger partial charge is 0.481 e. The third-order valence-electron chi connectivity index (χ3n) is 10.2. The lowest BCUT2D eigenvalue weighted by molar-refractivity contribution is -0.161. The van der Waals surface area contributed by atoms with Gasteiger partial charge in [0.1, 0.15) is 5.56 Å². The topological polar surface area (TPSA) is 119 Å². The molecule has 2 amide bonds. The fourth-order valence-corrected chi connectivity index (χ4v) is 7.94. The molecule has 1 aliphatic carbocycles. The molecule has 11 nitrogen and oxygen atoms in total. The molecule has 12 heteroatoms. The zero-order chi connectivity index (χ0) is 34.1. The van der Waals surface area contributed by atoms with Crippen molar-refractivity contribution in [3.05, 3.63) is 96.8 Å². The summed E-state index contributed by atoms with van der Waals surface area (Å²) in [5.74, 6) is 0.141. The van der Waals surface area contributed by atoms with Crippen molar-refractivity contribution < 1.29 is 14.3 Å². The van der Waals surface area contributed by atoms with Gasteiger partial charge in [-0.05, 0) is 48.6 Å². The number of nitrogens with one attached hydrogen (secondary N) is 1. The highest BCUT2D eigenvalue weighted by Crippen LogP contribution is 2.50. The number of halogens is 1. The van der Waals surface area contributed by atoms with E-state index in [2.05, 4.69) is 16.3 Å². The highest BCUT2D eigenvalue weighted by atomic mass is 35.5. The number of likely N-dealkylation sites (tertiary alicyclic amines) is 2.